The molecule has 1 aromatic carbocycles. The molecule has 0 aliphatic carbocycles. The van der Waals surface area contributed by atoms with Gasteiger partial charge in [-0.15, -0.1) is 0 Å². The van der Waals surface area contributed by atoms with Crippen LogP contribution >= 0.6 is 11.6 Å². The fourth-order valence-corrected chi connectivity index (χ4v) is 1.97. The van der Waals surface area contributed by atoms with Gasteiger partial charge in [0.05, 0.1) is 12.6 Å². The van der Waals surface area contributed by atoms with Crippen LogP contribution in [0.2, 0.25) is 5.02 Å². The van der Waals surface area contributed by atoms with E-state index in [9.17, 15) is 4.79 Å². The Labute approximate surface area is 119 Å². The summed E-state index contributed by atoms with van der Waals surface area (Å²) in [5.74, 6) is -0.339. The van der Waals surface area contributed by atoms with Gasteiger partial charge in [-0.25, -0.2) is 0 Å². The van der Waals surface area contributed by atoms with Crippen molar-refractivity contribution in [2.75, 3.05) is 20.3 Å². The molecule has 0 aliphatic rings. The summed E-state index contributed by atoms with van der Waals surface area (Å²) in [7, 11) is 1.63. The zero-order valence-corrected chi connectivity index (χ0v) is 12.4. The Morgan fingerprint density at radius 1 is 1.53 bits per heavy atom. The number of nitrogens with two attached hydrogens (primary N) is 1. The molecule has 0 heterocycles. The second kappa shape index (κ2) is 7.48. The summed E-state index contributed by atoms with van der Waals surface area (Å²) in [5.41, 5.74) is 7.46. The smallest absolute Gasteiger partial charge is 0.234 e. The fourth-order valence-electron chi connectivity index (χ4n) is 1.77. The number of nitrogens with zero attached hydrogens (tertiary/aromatic N) is 1. The van der Waals surface area contributed by atoms with Gasteiger partial charge in [0.15, 0.2) is 0 Å². The normalized spacial score (nSPS) is 12.7. The molecule has 1 aromatic rings. The molecule has 1 atom stereocenters. The number of aryl methyl sites for hydroxylation is 1. The molecule has 0 fully saturated rings. The summed E-state index contributed by atoms with van der Waals surface area (Å²) in [5, 5.41) is 0.732. The molecule has 0 bridgehead atoms. The SMILES string of the molecule is COCCN(Cc1ccc(C)c(Cl)c1)[C@H](C)C(N)=O. The van der Waals surface area contributed by atoms with Crippen molar-refractivity contribution < 1.29 is 9.53 Å². The van der Waals surface area contributed by atoms with E-state index in [1.807, 2.05) is 30.0 Å². The Morgan fingerprint density at radius 3 is 2.74 bits per heavy atom. The van der Waals surface area contributed by atoms with Crippen LogP contribution in [-0.2, 0) is 16.1 Å². The van der Waals surface area contributed by atoms with E-state index < -0.39 is 0 Å². The van der Waals surface area contributed by atoms with E-state index >= 15 is 0 Å². The molecular formula is C14H21ClN2O2. The third-order valence-corrected chi connectivity index (χ3v) is 3.57. The maximum atomic E-state index is 11.3. The molecular weight excluding hydrogens is 264 g/mol. The molecule has 0 aromatic heterocycles. The number of primary amides is 1. The average molecular weight is 285 g/mol. The van der Waals surface area contributed by atoms with E-state index in [1.54, 1.807) is 14.0 Å². The molecule has 5 heteroatoms. The van der Waals surface area contributed by atoms with Crippen LogP contribution in [0.15, 0.2) is 18.2 Å². The second-order valence-corrected chi connectivity index (χ2v) is 5.03. The maximum Gasteiger partial charge on any atom is 0.234 e. The summed E-state index contributed by atoms with van der Waals surface area (Å²) in [4.78, 5) is 13.3. The van der Waals surface area contributed by atoms with Crippen molar-refractivity contribution in [2.24, 2.45) is 5.73 Å². The molecule has 1 rings (SSSR count). The van der Waals surface area contributed by atoms with E-state index in [0.29, 0.717) is 19.7 Å². The van der Waals surface area contributed by atoms with Crippen molar-refractivity contribution in [2.45, 2.75) is 26.4 Å². The van der Waals surface area contributed by atoms with Crippen molar-refractivity contribution >= 4 is 17.5 Å². The van der Waals surface area contributed by atoms with E-state index in [0.717, 1.165) is 16.1 Å². The van der Waals surface area contributed by atoms with Gasteiger partial charge >= 0.3 is 0 Å². The molecule has 106 valence electrons. The second-order valence-electron chi connectivity index (χ2n) is 4.63. The molecule has 1 amide bonds. The minimum atomic E-state index is -0.339. The topological polar surface area (TPSA) is 55.6 Å². The van der Waals surface area contributed by atoms with Crippen LogP contribution in [0.4, 0.5) is 0 Å². The summed E-state index contributed by atoms with van der Waals surface area (Å²) in [6.07, 6.45) is 0. The third kappa shape index (κ3) is 4.82. The number of carbonyl (C=O) groups is 1. The monoisotopic (exact) mass is 284 g/mol. The van der Waals surface area contributed by atoms with Gasteiger partial charge in [0, 0.05) is 25.2 Å². The Morgan fingerprint density at radius 2 is 2.21 bits per heavy atom. The van der Waals surface area contributed by atoms with Gasteiger partial charge in [0.25, 0.3) is 0 Å². The van der Waals surface area contributed by atoms with Crippen molar-refractivity contribution in [1.29, 1.82) is 0 Å². The molecule has 0 radical (unpaired) electrons. The first-order chi connectivity index (χ1) is 8.95. The number of methoxy groups -OCH3 is 1. The molecule has 0 spiro atoms. The molecule has 19 heavy (non-hydrogen) atoms. The lowest BCUT2D eigenvalue weighted by molar-refractivity contribution is -0.123. The lowest BCUT2D eigenvalue weighted by Gasteiger charge is -2.26. The number of hydrogen-bond acceptors (Lipinski definition) is 3. The zero-order chi connectivity index (χ0) is 14.4. The van der Waals surface area contributed by atoms with Crippen LogP contribution in [0.25, 0.3) is 0 Å². The summed E-state index contributed by atoms with van der Waals surface area (Å²) in [6, 6.07) is 5.57. The van der Waals surface area contributed by atoms with Gasteiger partial charge in [-0.05, 0) is 31.0 Å². The summed E-state index contributed by atoms with van der Waals surface area (Å²) < 4.78 is 5.06. The Balaban J connectivity index is 2.80. The highest BCUT2D eigenvalue weighted by atomic mass is 35.5. The van der Waals surface area contributed by atoms with E-state index in [-0.39, 0.29) is 11.9 Å². The highest BCUT2D eigenvalue weighted by Gasteiger charge is 2.18. The first-order valence-electron chi connectivity index (χ1n) is 6.23. The van der Waals surface area contributed by atoms with Crippen LogP contribution in [-0.4, -0.2) is 37.1 Å². The predicted molar refractivity (Wildman–Crippen MR) is 77.1 cm³/mol. The van der Waals surface area contributed by atoms with E-state index in [1.165, 1.54) is 0 Å². The fraction of sp³-hybridized carbons (Fsp3) is 0.500. The number of carbonyl (C=O) groups excluding carboxylic acids is 1. The Hall–Kier alpha value is -1.10. The molecule has 2 N–H and O–H groups in total. The minimum absolute atomic E-state index is 0.338. The molecule has 0 saturated carbocycles. The summed E-state index contributed by atoms with van der Waals surface area (Å²) in [6.45, 7) is 5.57. The van der Waals surface area contributed by atoms with E-state index in [2.05, 4.69) is 0 Å². The standard InChI is InChI=1S/C14H21ClN2O2/c1-10-4-5-12(8-13(10)15)9-17(6-7-19-3)11(2)14(16)18/h4-5,8,11H,6-7,9H2,1-3H3,(H2,16,18)/t11-/m1/s1. The number of benzene rings is 1. The van der Waals surface area contributed by atoms with Gasteiger partial charge in [0.1, 0.15) is 0 Å². The maximum absolute atomic E-state index is 11.3. The van der Waals surface area contributed by atoms with Crippen LogP contribution in [0.3, 0.4) is 0 Å². The lowest BCUT2D eigenvalue weighted by Crippen LogP contribution is -2.43. The quantitative estimate of drug-likeness (QED) is 0.833. The molecule has 4 nitrogen and oxygen atoms in total. The van der Waals surface area contributed by atoms with Gasteiger partial charge < -0.3 is 10.5 Å². The molecule has 0 unspecified atom stereocenters. The van der Waals surface area contributed by atoms with Gasteiger partial charge in [0.2, 0.25) is 5.91 Å². The van der Waals surface area contributed by atoms with Crippen molar-refractivity contribution in [3.05, 3.63) is 34.3 Å². The highest BCUT2D eigenvalue weighted by Crippen LogP contribution is 2.18. The van der Waals surface area contributed by atoms with Crippen LogP contribution in [0.5, 0.6) is 0 Å². The predicted octanol–water partition coefficient (Wildman–Crippen LogP) is 1.97. The van der Waals surface area contributed by atoms with Crippen molar-refractivity contribution in [1.82, 2.24) is 4.90 Å². The van der Waals surface area contributed by atoms with Crippen LogP contribution in [0.1, 0.15) is 18.1 Å². The zero-order valence-electron chi connectivity index (χ0n) is 11.6. The number of rotatable bonds is 7. The number of ether oxygens (including phenoxy) is 1. The first-order valence-corrected chi connectivity index (χ1v) is 6.60. The number of amides is 1. The molecule has 0 saturated heterocycles. The summed E-state index contributed by atoms with van der Waals surface area (Å²) >= 11 is 6.11. The Kier molecular flexibility index (Phi) is 6.28. The largest absolute Gasteiger partial charge is 0.383 e. The van der Waals surface area contributed by atoms with Crippen LogP contribution < -0.4 is 5.73 Å². The number of halogens is 1. The lowest BCUT2D eigenvalue weighted by atomic mass is 10.1. The van der Waals surface area contributed by atoms with Gasteiger partial charge in [-0.3, -0.25) is 9.69 Å². The van der Waals surface area contributed by atoms with Gasteiger partial charge in [-0.2, -0.15) is 0 Å². The molecule has 0 aliphatic heterocycles. The Bertz CT molecular complexity index is 437. The van der Waals surface area contributed by atoms with Crippen LogP contribution in [0, 0.1) is 6.92 Å². The highest BCUT2D eigenvalue weighted by molar-refractivity contribution is 6.31. The van der Waals surface area contributed by atoms with E-state index in [4.69, 9.17) is 22.1 Å². The third-order valence-electron chi connectivity index (χ3n) is 3.16. The number of hydrogen-bond donors (Lipinski definition) is 1. The van der Waals surface area contributed by atoms with Gasteiger partial charge in [-0.1, -0.05) is 23.7 Å². The average Bonchev–Trinajstić information content (AvgIpc) is 2.37. The first kappa shape index (κ1) is 16.0. The van der Waals surface area contributed by atoms with Crippen molar-refractivity contribution in [3.63, 3.8) is 0 Å². The van der Waals surface area contributed by atoms with Crippen molar-refractivity contribution in [3.8, 4) is 0 Å². The minimum Gasteiger partial charge on any atom is -0.383 e.